The molecule has 0 aromatic heterocycles. The Morgan fingerprint density at radius 1 is 1.19 bits per heavy atom. The summed E-state index contributed by atoms with van der Waals surface area (Å²) in [5.74, 6) is -1.81. The van der Waals surface area contributed by atoms with E-state index in [1.165, 1.54) is 18.2 Å². The summed E-state index contributed by atoms with van der Waals surface area (Å²) in [6.45, 7) is 1.77. The predicted octanol–water partition coefficient (Wildman–Crippen LogP) is 3.24. The third-order valence-corrected chi connectivity index (χ3v) is 6.74. The second-order valence-corrected chi connectivity index (χ2v) is 8.90. The van der Waals surface area contributed by atoms with Crippen LogP contribution in [0.5, 0.6) is 0 Å². The third-order valence-electron chi connectivity index (χ3n) is 4.19. The first-order valence-electron chi connectivity index (χ1n) is 8.08. The molecule has 1 atom stereocenters. The number of anilines is 1. The van der Waals surface area contributed by atoms with E-state index in [0.29, 0.717) is 5.02 Å². The number of sulfonamides is 1. The van der Waals surface area contributed by atoms with E-state index in [0.717, 1.165) is 9.87 Å². The first kappa shape index (κ1) is 19.7. The largest absolute Gasteiger partial charge is 0.348 e. The molecule has 3 rings (SSSR count). The van der Waals surface area contributed by atoms with Crippen molar-refractivity contribution >= 4 is 50.7 Å². The second kappa shape index (κ2) is 7.50. The Hall–Kier alpha value is -2.09. The summed E-state index contributed by atoms with van der Waals surface area (Å²) in [6, 6.07) is 11.2. The Labute approximate surface area is 167 Å². The van der Waals surface area contributed by atoms with E-state index in [9.17, 15) is 18.0 Å². The van der Waals surface area contributed by atoms with Gasteiger partial charge in [0.1, 0.15) is 0 Å². The Kier molecular flexibility index (Phi) is 5.46. The minimum atomic E-state index is -3.73. The minimum Gasteiger partial charge on any atom is -0.348 e. The molecule has 9 heteroatoms. The molecule has 2 amide bonds. The molecule has 2 aromatic carbocycles. The molecule has 0 spiro atoms. The van der Waals surface area contributed by atoms with Gasteiger partial charge in [-0.15, -0.1) is 0 Å². The van der Waals surface area contributed by atoms with Crippen LogP contribution in [0, 0.1) is 5.92 Å². The normalized spacial score (nSPS) is 18.6. The SMILES string of the molecule is CC1CS(=O)(=O)N(c2ccc(C(=O)NCc3ccccc3Cl)c(Cl)c2)C1=O. The lowest BCUT2D eigenvalue weighted by Crippen LogP contribution is -2.30. The molecule has 0 saturated carbocycles. The molecule has 0 radical (unpaired) electrons. The summed E-state index contributed by atoms with van der Waals surface area (Å²) in [6.07, 6.45) is 0. The fourth-order valence-electron chi connectivity index (χ4n) is 2.81. The van der Waals surface area contributed by atoms with Crippen molar-refractivity contribution in [1.29, 1.82) is 0 Å². The van der Waals surface area contributed by atoms with Gasteiger partial charge in [-0.3, -0.25) is 9.59 Å². The first-order chi connectivity index (χ1) is 12.7. The van der Waals surface area contributed by atoms with Crippen LogP contribution >= 0.6 is 23.2 Å². The van der Waals surface area contributed by atoms with Crippen LogP contribution in [0.4, 0.5) is 5.69 Å². The number of carbonyl (C=O) groups excluding carboxylic acids is 2. The molecule has 0 aliphatic carbocycles. The van der Waals surface area contributed by atoms with Gasteiger partial charge in [0.15, 0.2) is 0 Å². The summed E-state index contributed by atoms with van der Waals surface area (Å²) < 4.78 is 25.1. The highest BCUT2D eigenvalue weighted by Crippen LogP contribution is 2.31. The van der Waals surface area contributed by atoms with Crippen LogP contribution in [-0.4, -0.2) is 26.0 Å². The second-order valence-electron chi connectivity index (χ2n) is 6.22. The molecule has 1 unspecified atom stereocenters. The average Bonchev–Trinajstić information content (AvgIpc) is 2.81. The molecule has 27 heavy (non-hydrogen) atoms. The molecule has 0 bridgehead atoms. The van der Waals surface area contributed by atoms with Crippen molar-refractivity contribution in [3.8, 4) is 0 Å². The topological polar surface area (TPSA) is 83.6 Å². The van der Waals surface area contributed by atoms with E-state index >= 15 is 0 Å². The van der Waals surface area contributed by atoms with E-state index in [1.54, 1.807) is 25.1 Å². The standard InChI is InChI=1S/C18H16Cl2N2O4S/c1-11-10-27(25,26)22(18(11)24)13-6-7-14(16(20)8-13)17(23)21-9-12-4-2-3-5-15(12)19/h2-8,11H,9-10H2,1H3,(H,21,23). The van der Waals surface area contributed by atoms with Gasteiger partial charge in [0.25, 0.3) is 5.91 Å². The van der Waals surface area contributed by atoms with Crippen LogP contribution in [0.3, 0.4) is 0 Å². The number of carbonyl (C=O) groups is 2. The molecule has 142 valence electrons. The number of amides is 2. The van der Waals surface area contributed by atoms with E-state index in [1.807, 2.05) is 6.07 Å². The van der Waals surface area contributed by atoms with Gasteiger partial charge in [-0.05, 0) is 29.8 Å². The smallest absolute Gasteiger partial charge is 0.253 e. The molecule has 1 saturated heterocycles. The van der Waals surface area contributed by atoms with Crippen LogP contribution in [0.25, 0.3) is 0 Å². The zero-order chi connectivity index (χ0) is 19.8. The third kappa shape index (κ3) is 3.95. The highest BCUT2D eigenvalue weighted by molar-refractivity contribution is 7.94. The summed E-state index contributed by atoms with van der Waals surface area (Å²) in [4.78, 5) is 24.5. The number of rotatable bonds is 4. The Morgan fingerprint density at radius 2 is 1.89 bits per heavy atom. The van der Waals surface area contributed by atoms with Gasteiger partial charge < -0.3 is 5.32 Å². The lowest BCUT2D eigenvalue weighted by molar-refractivity contribution is -0.119. The molecule has 1 N–H and O–H groups in total. The van der Waals surface area contributed by atoms with Crippen LogP contribution in [0.15, 0.2) is 42.5 Å². The van der Waals surface area contributed by atoms with Gasteiger partial charge in [-0.1, -0.05) is 48.3 Å². The van der Waals surface area contributed by atoms with E-state index < -0.39 is 27.8 Å². The van der Waals surface area contributed by atoms with Crippen molar-refractivity contribution in [3.63, 3.8) is 0 Å². The van der Waals surface area contributed by atoms with E-state index in [-0.39, 0.29) is 28.6 Å². The van der Waals surface area contributed by atoms with Gasteiger partial charge in [-0.25, -0.2) is 12.7 Å². The maximum Gasteiger partial charge on any atom is 0.253 e. The molecular formula is C18H16Cl2N2O4S. The lowest BCUT2D eigenvalue weighted by atomic mass is 10.1. The number of nitrogens with zero attached hydrogens (tertiary/aromatic N) is 1. The zero-order valence-electron chi connectivity index (χ0n) is 14.3. The summed E-state index contributed by atoms with van der Waals surface area (Å²) in [7, 11) is -3.73. The predicted molar refractivity (Wildman–Crippen MR) is 105 cm³/mol. The minimum absolute atomic E-state index is 0.0479. The van der Waals surface area contributed by atoms with Crippen LogP contribution in [0.2, 0.25) is 10.0 Å². The number of hydrogen-bond donors (Lipinski definition) is 1. The van der Waals surface area contributed by atoms with Crippen molar-refractivity contribution in [2.75, 3.05) is 10.1 Å². The van der Waals surface area contributed by atoms with Crippen molar-refractivity contribution in [1.82, 2.24) is 5.32 Å². The summed E-state index contributed by atoms with van der Waals surface area (Å²) in [5.41, 5.74) is 1.05. The number of benzene rings is 2. The highest BCUT2D eigenvalue weighted by atomic mass is 35.5. The van der Waals surface area contributed by atoms with Crippen LogP contribution in [-0.2, 0) is 21.4 Å². The molecule has 1 aliphatic heterocycles. The fourth-order valence-corrected chi connectivity index (χ4v) is 5.09. The Morgan fingerprint density at radius 3 is 2.48 bits per heavy atom. The Balaban J connectivity index is 1.80. The van der Waals surface area contributed by atoms with E-state index in [4.69, 9.17) is 23.2 Å². The molecule has 1 fully saturated rings. The molecule has 6 nitrogen and oxygen atoms in total. The summed E-state index contributed by atoms with van der Waals surface area (Å²) in [5, 5.41) is 3.29. The van der Waals surface area contributed by atoms with E-state index in [2.05, 4.69) is 5.32 Å². The first-order valence-corrected chi connectivity index (χ1v) is 10.4. The van der Waals surface area contributed by atoms with Gasteiger partial charge >= 0.3 is 0 Å². The van der Waals surface area contributed by atoms with Gasteiger partial charge in [-0.2, -0.15) is 0 Å². The van der Waals surface area contributed by atoms with Gasteiger partial charge in [0, 0.05) is 11.6 Å². The number of halogens is 2. The maximum atomic E-state index is 12.4. The van der Waals surface area contributed by atoms with Crippen LogP contribution in [0.1, 0.15) is 22.8 Å². The van der Waals surface area contributed by atoms with Crippen LogP contribution < -0.4 is 9.62 Å². The average molecular weight is 427 g/mol. The zero-order valence-corrected chi connectivity index (χ0v) is 16.6. The fraction of sp³-hybridized carbons (Fsp3) is 0.222. The quantitative estimate of drug-likeness (QED) is 0.812. The Bertz CT molecular complexity index is 1020. The molecule has 2 aromatic rings. The molecular weight excluding hydrogens is 411 g/mol. The van der Waals surface area contributed by atoms with Gasteiger partial charge in [0.05, 0.1) is 27.9 Å². The lowest BCUT2D eigenvalue weighted by Gasteiger charge is -2.16. The number of nitrogens with one attached hydrogen (secondary N) is 1. The molecule has 1 heterocycles. The van der Waals surface area contributed by atoms with Crippen molar-refractivity contribution in [2.24, 2.45) is 5.92 Å². The highest BCUT2D eigenvalue weighted by Gasteiger charge is 2.42. The maximum absolute atomic E-state index is 12.4. The molecule has 1 aliphatic rings. The number of hydrogen-bond acceptors (Lipinski definition) is 4. The van der Waals surface area contributed by atoms with Gasteiger partial charge in [0.2, 0.25) is 15.9 Å². The van der Waals surface area contributed by atoms with Crippen molar-refractivity contribution < 1.29 is 18.0 Å². The monoisotopic (exact) mass is 426 g/mol. The van der Waals surface area contributed by atoms with Crippen molar-refractivity contribution in [3.05, 3.63) is 63.6 Å². The summed E-state index contributed by atoms with van der Waals surface area (Å²) >= 11 is 12.2. The van der Waals surface area contributed by atoms with Crippen molar-refractivity contribution in [2.45, 2.75) is 13.5 Å².